The second-order valence-corrected chi connectivity index (χ2v) is 5.02. The van der Waals surface area contributed by atoms with Crippen LogP contribution in [0.2, 0.25) is 0 Å². The first-order valence-electron chi connectivity index (χ1n) is 6.76. The number of ether oxygens (including phenoxy) is 1. The van der Waals surface area contributed by atoms with Gasteiger partial charge in [0.1, 0.15) is 0 Å². The lowest BCUT2D eigenvalue weighted by Gasteiger charge is -2.17. The van der Waals surface area contributed by atoms with Gasteiger partial charge in [-0.25, -0.2) is 4.98 Å². The molecule has 1 N–H and O–H groups in total. The average Bonchev–Trinajstić information content (AvgIpc) is 2.35. The first kappa shape index (κ1) is 14.9. The van der Waals surface area contributed by atoms with E-state index >= 15 is 0 Å². The van der Waals surface area contributed by atoms with Gasteiger partial charge in [-0.3, -0.25) is 4.98 Å². The van der Waals surface area contributed by atoms with Crippen molar-refractivity contribution in [1.82, 2.24) is 15.3 Å². The van der Waals surface area contributed by atoms with E-state index in [1.54, 1.807) is 6.20 Å². The number of hydrogen-bond acceptors (Lipinski definition) is 4. The van der Waals surface area contributed by atoms with Crippen molar-refractivity contribution in [2.45, 2.75) is 46.1 Å². The van der Waals surface area contributed by atoms with Gasteiger partial charge in [-0.1, -0.05) is 20.8 Å². The van der Waals surface area contributed by atoms with Crippen molar-refractivity contribution < 1.29 is 4.74 Å². The molecule has 1 unspecified atom stereocenters. The molecule has 0 aromatic carbocycles. The molecule has 1 heterocycles. The van der Waals surface area contributed by atoms with Crippen molar-refractivity contribution in [2.24, 2.45) is 5.92 Å². The fraction of sp³-hybridized carbons (Fsp3) is 0.714. The minimum atomic E-state index is 0.445. The van der Waals surface area contributed by atoms with E-state index in [-0.39, 0.29) is 0 Å². The summed E-state index contributed by atoms with van der Waals surface area (Å²) < 4.78 is 5.50. The Labute approximate surface area is 110 Å². The van der Waals surface area contributed by atoms with Crippen LogP contribution in [0.25, 0.3) is 0 Å². The van der Waals surface area contributed by atoms with Gasteiger partial charge in [0.05, 0.1) is 18.5 Å². The molecular weight excluding hydrogens is 226 g/mol. The van der Waals surface area contributed by atoms with Crippen molar-refractivity contribution >= 4 is 0 Å². The number of rotatable bonds is 8. The number of likely N-dealkylation sites (N-methyl/N-ethyl adjacent to an activating group) is 1. The summed E-state index contributed by atoms with van der Waals surface area (Å²) in [6.07, 6.45) is 6.51. The summed E-state index contributed by atoms with van der Waals surface area (Å²) in [6.45, 7) is 7.24. The van der Waals surface area contributed by atoms with Crippen molar-refractivity contribution in [3.8, 4) is 5.88 Å². The van der Waals surface area contributed by atoms with Crippen LogP contribution < -0.4 is 10.1 Å². The fourth-order valence-corrected chi connectivity index (χ4v) is 1.89. The fourth-order valence-electron chi connectivity index (χ4n) is 1.89. The maximum Gasteiger partial charge on any atom is 0.232 e. The maximum atomic E-state index is 5.50. The Balaban J connectivity index is 2.59. The molecule has 4 nitrogen and oxygen atoms in total. The first-order chi connectivity index (χ1) is 8.65. The van der Waals surface area contributed by atoms with Crippen LogP contribution in [0.15, 0.2) is 12.4 Å². The van der Waals surface area contributed by atoms with E-state index < -0.39 is 0 Å². The summed E-state index contributed by atoms with van der Waals surface area (Å²) in [5, 5.41) is 3.34. The third-order valence-corrected chi connectivity index (χ3v) is 2.74. The molecule has 4 heteroatoms. The van der Waals surface area contributed by atoms with E-state index in [4.69, 9.17) is 4.74 Å². The molecule has 18 heavy (non-hydrogen) atoms. The van der Waals surface area contributed by atoms with Crippen molar-refractivity contribution in [1.29, 1.82) is 0 Å². The van der Waals surface area contributed by atoms with Gasteiger partial charge in [-0.2, -0.15) is 0 Å². The summed E-state index contributed by atoms with van der Waals surface area (Å²) in [7, 11) is 2.00. The molecule has 0 spiro atoms. The van der Waals surface area contributed by atoms with Gasteiger partial charge in [0.2, 0.25) is 5.88 Å². The van der Waals surface area contributed by atoms with Gasteiger partial charge in [-0.05, 0) is 25.8 Å². The summed E-state index contributed by atoms with van der Waals surface area (Å²) in [5.74, 6) is 1.31. The molecule has 1 rings (SSSR count). The van der Waals surface area contributed by atoms with Crippen molar-refractivity contribution in [2.75, 3.05) is 13.7 Å². The first-order valence-corrected chi connectivity index (χ1v) is 6.76. The lowest BCUT2D eigenvalue weighted by molar-refractivity contribution is 0.302. The minimum absolute atomic E-state index is 0.445. The highest BCUT2D eigenvalue weighted by Gasteiger charge is 2.11. The minimum Gasteiger partial charge on any atom is -0.477 e. The van der Waals surface area contributed by atoms with Gasteiger partial charge in [0.15, 0.2) is 0 Å². The van der Waals surface area contributed by atoms with Crippen LogP contribution in [0.5, 0.6) is 5.88 Å². The van der Waals surface area contributed by atoms with E-state index in [0.29, 0.717) is 24.4 Å². The van der Waals surface area contributed by atoms with E-state index in [1.807, 2.05) is 13.2 Å². The summed E-state index contributed by atoms with van der Waals surface area (Å²) in [5.41, 5.74) is 0.989. The van der Waals surface area contributed by atoms with E-state index in [0.717, 1.165) is 25.0 Å². The van der Waals surface area contributed by atoms with Gasteiger partial charge < -0.3 is 10.1 Å². The third-order valence-electron chi connectivity index (χ3n) is 2.74. The Hall–Kier alpha value is -1.16. The molecule has 0 amide bonds. The second-order valence-electron chi connectivity index (χ2n) is 5.02. The summed E-state index contributed by atoms with van der Waals surface area (Å²) in [4.78, 5) is 8.67. The number of hydrogen-bond donors (Lipinski definition) is 1. The lowest BCUT2D eigenvalue weighted by Crippen LogP contribution is -2.29. The van der Waals surface area contributed by atoms with Crippen LogP contribution in [0.1, 0.15) is 39.3 Å². The monoisotopic (exact) mass is 251 g/mol. The van der Waals surface area contributed by atoms with Crippen molar-refractivity contribution in [3.63, 3.8) is 0 Å². The van der Waals surface area contributed by atoms with Gasteiger partial charge in [0.25, 0.3) is 0 Å². The molecule has 0 fully saturated rings. The zero-order valence-corrected chi connectivity index (χ0v) is 11.9. The summed E-state index contributed by atoms with van der Waals surface area (Å²) >= 11 is 0. The van der Waals surface area contributed by atoms with Gasteiger partial charge >= 0.3 is 0 Å². The normalized spacial score (nSPS) is 12.7. The predicted octanol–water partition coefficient (Wildman–Crippen LogP) is 2.44. The molecule has 0 bridgehead atoms. The lowest BCUT2D eigenvalue weighted by atomic mass is 10.0. The molecule has 1 atom stereocenters. The summed E-state index contributed by atoms with van der Waals surface area (Å²) in [6, 6.07) is 0.445. The average molecular weight is 251 g/mol. The third kappa shape index (κ3) is 5.45. The molecule has 1 aromatic rings. The van der Waals surface area contributed by atoms with Crippen LogP contribution in [0.3, 0.4) is 0 Å². The van der Waals surface area contributed by atoms with E-state index in [2.05, 4.69) is 36.1 Å². The molecule has 0 saturated carbocycles. The molecule has 0 aliphatic rings. The highest BCUT2D eigenvalue weighted by atomic mass is 16.5. The van der Waals surface area contributed by atoms with Crippen LogP contribution in [0.4, 0.5) is 0 Å². The van der Waals surface area contributed by atoms with Crippen LogP contribution in [-0.2, 0) is 6.42 Å². The Morgan fingerprint density at radius 2 is 2.11 bits per heavy atom. The SMILES string of the molecule is CCCOc1cncc(CC(CC(C)C)NC)n1. The highest BCUT2D eigenvalue weighted by Crippen LogP contribution is 2.11. The van der Waals surface area contributed by atoms with E-state index in [1.165, 1.54) is 0 Å². The predicted molar refractivity (Wildman–Crippen MR) is 73.8 cm³/mol. The molecule has 1 aromatic heterocycles. The molecular formula is C14H25N3O. The van der Waals surface area contributed by atoms with E-state index in [9.17, 15) is 0 Å². The zero-order valence-electron chi connectivity index (χ0n) is 11.9. The van der Waals surface area contributed by atoms with Crippen LogP contribution in [-0.4, -0.2) is 29.7 Å². The number of aromatic nitrogens is 2. The van der Waals surface area contributed by atoms with Crippen LogP contribution >= 0.6 is 0 Å². The molecule has 0 aliphatic carbocycles. The Kier molecular flexibility index (Phi) is 6.65. The standard InChI is InChI=1S/C14H25N3O/c1-5-6-18-14-10-16-9-13(17-14)8-12(15-4)7-11(2)3/h9-12,15H,5-8H2,1-4H3. The Morgan fingerprint density at radius 3 is 2.72 bits per heavy atom. The Morgan fingerprint density at radius 1 is 1.33 bits per heavy atom. The topological polar surface area (TPSA) is 47.0 Å². The second kappa shape index (κ2) is 8.03. The molecule has 102 valence electrons. The smallest absolute Gasteiger partial charge is 0.232 e. The van der Waals surface area contributed by atoms with Crippen LogP contribution in [0, 0.1) is 5.92 Å². The highest BCUT2D eigenvalue weighted by molar-refractivity contribution is 5.09. The Bertz CT molecular complexity index is 342. The number of nitrogens with zero attached hydrogens (tertiary/aromatic N) is 2. The molecule has 0 saturated heterocycles. The zero-order chi connectivity index (χ0) is 13.4. The largest absolute Gasteiger partial charge is 0.477 e. The number of nitrogens with one attached hydrogen (secondary N) is 1. The maximum absolute atomic E-state index is 5.50. The van der Waals surface area contributed by atoms with Gasteiger partial charge in [0, 0.05) is 18.7 Å². The van der Waals surface area contributed by atoms with Gasteiger partial charge in [-0.15, -0.1) is 0 Å². The van der Waals surface area contributed by atoms with Crippen molar-refractivity contribution in [3.05, 3.63) is 18.1 Å². The molecule has 0 radical (unpaired) electrons. The quantitative estimate of drug-likeness (QED) is 0.771. The molecule has 0 aliphatic heterocycles.